The van der Waals surface area contributed by atoms with Crippen molar-refractivity contribution in [2.24, 2.45) is 5.92 Å². The number of nitrogens with one attached hydrogen (secondary N) is 1. The number of hydrogen-bond acceptors (Lipinski definition) is 4. The van der Waals surface area contributed by atoms with Crippen LogP contribution in [-0.4, -0.2) is 37.7 Å². The Morgan fingerprint density at radius 2 is 2.09 bits per heavy atom. The van der Waals surface area contributed by atoms with Gasteiger partial charge in [0.05, 0.1) is 5.69 Å². The van der Waals surface area contributed by atoms with E-state index in [0.29, 0.717) is 12.5 Å². The first-order valence-electron chi connectivity index (χ1n) is 8.44. The van der Waals surface area contributed by atoms with Crippen molar-refractivity contribution in [2.75, 3.05) is 13.1 Å². The van der Waals surface area contributed by atoms with Gasteiger partial charge in [-0.15, -0.1) is 0 Å². The molecule has 2 aromatic rings. The van der Waals surface area contributed by atoms with Gasteiger partial charge in [0.15, 0.2) is 0 Å². The molecule has 0 aromatic carbocycles. The molecule has 0 aliphatic carbocycles. The normalized spacial score (nSPS) is 16.8. The summed E-state index contributed by atoms with van der Waals surface area (Å²) in [7, 11) is 0. The van der Waals surface area contributed by atoms with Crippen LogP contribution in [0.25, 0.3) is 0 Å². The Morgan fingerprint density at radius 3 is 2.78 bits per heavy atom. The first kappa shape index (κ1) is 15.9. The van der Waals surface area contributed by atoms with E-state index in [-0.39, 0.29) is 5.69 Å². The molecule has 2 aromatic heterocycles. The van der Waals surface area contributed by atoms with Gasteiger partial charge in [0.25, 0.3) is 0 Å². The Balaban J connectivity index is 1.53. The van der Waals surface area contributed by atoms with Crippen molar-refractivity contribution >= 4 is 0 Å². The minimum atomic E-state index is -0.0922. The lowest BCUT2D eigenvalue weighted by molar-refractivity contribution is 0.173. The molecule has 1 aliphatic rings. The Morgan fingerprint density at radius 1 is 1.30 bits per heavy atom. The second kappa shape index (κ2) is 7.08. The molecule has 23 heavy (non-hydrogen) atoms. The van der Waals surface area contributed by atoms with E-state index in [2.05, 4.69) is 32.2 Å². The van der Waals surface area contributed by atoms with Gasteiger partial charge in [-0.2, -0.15) is 5.10 Å². The van der Waals surface area contributed by atoms with Crippen molar-refractivity contribution in [3.63, 3.8) is 0 Å². The maximum absolute atomic E-state index is 11.6. The molecule has 3 rings (SSSR count). The molecule has 0 radical (unpaired) electrons. The third kappa shape index (κ3) is 3.88. The second-order valence-electron chi connectivity index (χ2n) is 6.38. The second-order valence-corrected chi connectivity index (χ2v) is 6.38. The summed E-state index contributed by atoms with van der Waals surface area (Å²) in [5.74, 6) is 1.51. The van der Waals surface area contributed by atoms with E-state index in [0.717, 1.165) is 56.1 Å². The van der Waals surface area contributed by atoms with E-state index in [1.807, 2.05) is 19.9 Å². The molecule has 0 saturated carbocycles. The van der Waals surface area contributed by atoms with Gasteiger partial charge in [-0.1, -0.05) is 6.07 Å². The number of H-pyrrole nitrogens is 1. The van der Waals surface area contributed by atoms with Crippen LogP contribution in [0.3, 0.4) is 0 Å². The summed E-state index contributed by atoms with van der Waals surface area (Å²) in [6.45, 7) is 7.80. The molecule has 124 valence electrons. The summed E-state index contributed by atoms with van der Waals surface area (Å²) >= 11 is 0. The van der Waals surface area contributed by atoms with Crippen molar-refractivity contribution in [3.8, 4) is 0 Å². The maximum Gasteiger partial charge on any atom is 0.343 e. The lowest BCUT2D eigenvalue weighted by Gasteiger charge is -2.31. The number of aromatic nitrogens is 4. The fraction of sp³-hybridized carbons (Fsp3) is 0.588. The van der Waals surface area contributed by atoms with Crippen molar-refractivity contribution in [1.82, 2.24) is 24.6 Å². The van der Waals surface area contributed by atoms with Crippen LogP contribution in [0, 0.1) is 12.8 Å². The first-order chi connectivity index (χ1) is 11.2. The molecular weight excluding hydrogens is 290 g/mol. The maximum atomic E-state index is 11.6. The summed E-state index contributed by atoms with van der Waals surface area (Å²) < 4.78 is 1.74. The first-order valence-corrected chi connectivity index (χ1v) is 8.44. The SMILES string of the molecule is CCn1c(CC2CCN(Cc3cccc(C)n3)CC2)n[nH]c1=O. The molecule has 1 fully saturated rings. The zero-order valence-electron chi connectivity index (χ0n) is 14.0. The van der Waals surface area contributed by atoms with Crippen molar-refractivity contribution in [3.05, 3.63) is 45.9 Å². The highest BCUT2D eigenvalue weighted by Crippen LogP contribution is 2.21. The lowest BCUT2D eigenvalue weighted by atomic mass is 9.93. The highest BCUT2D eigenvalue weighted by atomic mass is 16.1. The number of nitrogens with zero attached hydrogens (tertiary/aromatic N) is 4. The van der Waals surface area contributed by atoms with Crippen molar-refractivity contribution in [1.29, 1.82) is 0 Å². The van der Waals surface area contributed by atoms with E-state index in [9.17, 15) is 4.79 Å². The summed E-state index contributed by atoms with van der Waals surface area (Å²) in [4.78, 5) is 18.7. The van der Waals surface area contributed by atoms with Crippen LogP contribution in [0.2, 0.25) is 0 Å². The number of aromatic amines is 1. The number of rotatable bonds is 5. The standard InChI is InChI=1S/C17H25N5O/c1-3-22-16(19-20-17(22)23)11-14-7-9-21(10-8-14)12-15-6-4-5-13(2)18-15/h4-6,14H,3,7-12H2,1-2H3,(H,20,23). The number of pyridine rings is 1. The van der Waals surface area contributed by atoms with Gasteiger partial charge < -0.3 is 0 Å². The predicted octanol–water partition coefficient (Wildman–Crippen LogP) is 1.75. The highest BCUT2D eigenvalue weighted by Gasteiger charge is 2.22. The quantitative estimate of drug-likeness (QED) is 0.913. The Kier molecular flexibility index (Phi) is 4.91. The Bertz CT molecular complexity index is 697. The molecule has 6 nitrogen and oxygen atoms in total. The van der Waals surface area contributed by atoms with E-state index in [1.54, 1.807) is 4.57 Å². The largest absolute Gasteiger partial charge is 0.343 e. The van der Waals surface area contributed by atoms with Gasteiger partial charge in [-0.25, -0.2) is 9.89 Å². The monoisotopic (exact) mass is 315 g/mol. The Labute approximate surface area is 136 Å². The van der Waals surface area contributed by atoms with Crippen LogP contribution in [0.5, 0.6) is 0 Å². The van der Waals surface area contributed by atoms with Gasteiger partial charge in [0.1, 0.15) is 5.82 Å². The molecule has 0 unspecified atom stereocenters. The lowest BCUT2D eigenvalue weighted by Crippen LogP contribution is -2.34. The number of likely N-dealkylation sites (tertiary alicyclic amines) is 1. The smallest absolute Gasteiger partial charge is 0.297 e. The molecule has 0 bridgehead atoms. The third-order valence-electron chi connectivity index (χ3n) is 4.66. The summed E-state index contributed by atoms with van der Waals surface area (Å²) in [5.41, 5.74) is 2.13. The van der Waals surface area contributed by atoms with Crippen molar-refractivity contribution < 1.29 is 0 Å². The van der Waals surface area contributed by atoms with E-state index in [1.165, 1.54) is 0 Å². The fourth-order valence-corrected chi connectivity index (χ4v) is 3.36. The molecule has 0 amide bonds. The van der Waals surface area contributed by atoms with E-state index < -0.39 is 0 Å². The molecule has 3 heterocycles. The minimum absolute atomic E-state index is 0.0922. The molecular formula is C17H25N5O. The molecule has 0 atom stereocenters. The van der Waals surface area contributed by atoms with Gasteiger partial charge in [0.2, 0.25) is 0 Å². The number of piperidine rings is 1. The van der Waals surface area contributed by atoms with Crippen LogP contribution in [0.1, 0.15) is 37.0 Å². The van der Waals surface area contributed by atoms with Crippen LogP contribution >= 0.6 is 0 Å². The zero-order chi connectivity index (χ0) is 16.2. The Hall–Kier alpha value is -1.95. The fourth-order valence-electron chi connectivity index (χ4n) is 3.36. The topological polar surface area (TPSA) is 66.8 Å². The average Bonchev–Trinajstić information content (AvgIpc) is 2.89. The van der Waals surface area contributed by atoms with E-state index in [4.69, 9.17) is 0 Å². The highest BCUT2D eigenvalue weighted by molar-refractivity contribution is 5.09. The predicted molar refractivity (Wildman–Crippen MR) is 89.2 cm³/mol. The zero-order valence-corrected chi connectivity index (χ0v) is 14.0. The van der Waals surface area contributed by atoms with Crippen LogP contribution < -0.4 is 5.69 Å². The summed E-state index contributed by atoms with van der Waals surface area (Å²) in [6.07, 6.45) is 3.19. The van der Waals surface area contributed by atoms with Crippen LogP contribution in [0.4, 0.5) is 0 Å². The van der Waals surface area contributed by atoms with Crippen LogP contribution in [-0.2, 0) is 19.5 Å². The third-order valence-corrected chi connectivity index (χ3v) is 4.66. The van der Waals surface area contributed by atoms with Crippen LogP contribution in [0.15, 0.2) is 23.0 Å². The number of hydrogen-bond donors (Lipinski definition) is 1. The summed E-state index contributed by atoms with van der Waals surface area (Å²) in [5, 5.41) is 6.74. The molecule has 1 saturated heterocycles. The molecule has 0 spiro atoms. The van der Waals surface area contributed by atoms with Gasteiger partial charge >= 0.3 is 5.69 Å². The average molecular weight is 315 g/mol. The van der Waals surface area contributed by atoms with E-state index >= 15 is 0 Å². The van der Waals surface area contributed by atoms with Gasteiger partial charge in [0, 0.05) is 25.2 Å². The van der Waals surface area contributed by atoms with Gasteiger partial charge in [-0.3, -0.25) is 14.5 Å². The van der Waals surface area contributed by atoms with Gasteiger partial charge in [-0.05, 0) is 57.8 Å². The van der Waals surface area contributed by atoms with Crippen molar-refractivity contribution in [2.45, 2.75) is 46.2 Å². The summed E-state index contributed by atoms with van der Waals surface area (Å²) in [6, 6.07) is 6.21. The molecule has 1 aliphatic heterocycles. The number of aryl methyl sites for hydroxylation is 1. The molecule has 1 N–H and O–H groups in total. The minimum Gasteiger partial charge on any atom is -0.297 e. The molecule has 6 heteroatoms.